The van der Waals surface area contributed by atoms with E-state index in [0.29, 0.717) is 17.7 Å². The summed E-state index contributed by atoms with van der Waals surface area (Å²) in [4.78, 5) is 36.7. The highest BCUT2D eigenvalue weighted by atomic mass is 16.5. The fourth-order valence-electron chi connectivity index (χ4n) is 2.57. The molecule has 2 atom stereocenters. The average molecular weight is 320 g/mol. The lowest BCUT2D eigenvalue weighted by molar-refractivity contribution is -0.141. The Labute approximate surface area is 134 Å². The number of carboxylic acids is 1. The average Bonchev–Trinajstić information content (AvgIpc) is 2.99. The molecule has 0 saturated carbocycles. The maximum Gasteiger partial charge on any atom is 0.326 e. The lowest BCUT2D eigenvalue weighted by atomic mass is 10.1. The molecule has 7 heteroatoms. The number of methoxy groups -OCH3 is 1. The molecule has 0 aliphatic carbocycles. The zero-order valence-electron chi connectivity index (χ0n) is 13.1. The Balaban J connectivity index is 2.20. The molecule has 1 fully saturated rings. The quantitative estimate of drug-likeness (QED) is 0.854. The third-order valence-electron chi connectivity index (χ3n) is 3.86. The third kappa shape index (κ3) is 3.87. The van der Waals surface area contributed by atoms with Crippen LogP contribution >= 0.6 is 0 Å². The van der Waals surface area contributed by atoms with Gasteiger partial charge in [-0.1, -0.05) is 13.0 Å². The zero-order chi connectivity index (χ0) is 17.0. The van der Waals surface area contributed by atoms with Crippen LogP contribution in [0.5, 0.6) is 0 Å². The number of nitrogens with zero attached hydrogens (tertiary/aromatic N) is 1. The van der Waals surface area contributed by atoms with E-state index in [4.69, 9.17) is 4.74 Å². The van der Waals surface area contributed by atoms with Crippen LogP contribution in [0, 0.1) is 0 Å². The van der Waals surface area contributed by atoms with Crippen molar-refractivity contribution in [3.05, 3.63) is 29.8 Å². The van der Waals surface area contributed by atoms with Crippen molar-refractivity contribution >= 4 is 23.5 Å². The summed E-state index contributed by atoms with van der Waals surface area (Å²) in [5.74, 6) is -1.59. The van der Waals surface area contributed by atoms with Crippen LogP contribution in [0.3, 0.4) is 0 Å². The van der Waals surface area contributed by atoms with Crippen molar-refractivity contribution in [2.45, 2.75) is 31.9 Å². The Morgan fingerprint density at radius 2 is 2.13 bits per heavy atom. The minimum Gasteiger partial charge on any atom is -0.480 e. The maximum atomic E-state index is 12.6. The van der Waals surface area contributed by atoms with Crippen LogP contribution in [0.2, 0.25) is 0 Å². The zero-order valence-corrected chi connectivity index (χ0v) is 13.1. The number of hydrogen-bond acceptors (Lipinski definition) is 4. The Bertz CT molecular complexity index is 616. The minimum absolute atomic E-state index is 0.154. The number of rotatable bonds is 5. The van der Waals surface area contributed by atoms with E-state index in [0.717, 1.165) is 0 Å². The second-order valence-corrected chi connectivity index (χ2v) is 5.39. The van der Waals surface area contributed by atoms with E-state index in [2.05, 4.69) is 5.32 Å². The lowest BCUT2D eigenvalue weighted by Crippen LogP contribution is -2.40. The number of aliphatic carboxylic acids is 1. The molecule has 1 heterocycles. The first-order chi connectivity index (χ1) is 11.0. The lowest BCUT2D eigenvalue weighted by Gasteiger charge is -2.21. The first kappa shape index (κ1) is 17.0. The molecule has 1 aliphatic rings. The molecule has 1 aliphatic heterocycles. The van der Waals surface area contributed by atoms with Crippen LogP contribution in [0.1, 0.15) is 30.1 Å². The second kappa shape index (κ2) is 7.23. The summed E-state index contributed by atoms with van der Waals surface area (Å²) in [6, 6.07) is 5.58. The van der Waals surface area contributed by atoms with Gasteiger partial charge in [0.25, 0.3) is 5.91 Å². The summed E-state index contributed by atoms with van der Waals surface area (Å²) in [5, 5.41) is 12.0. The highest BCUT2D eigenvalue weighted by Gasteiger charge is 2.40. The van der Waals surface area contributed by atoms with E-state index < -0.39 is 12.0 Å². The maximum absolute atomic E-state index is 12.6. The largest absolute Gasteiger partial charge is 0.480 e. The molecule has 0 aromatic heterocycles. The molecule has 7 nitrogen and oxygen atoms in total. The Morgan fingerprint density at radius 3 is 2.74 bits per heavy atom. The van der Waals surface area contributed by atoms with Crippen molar-refractivity contribution in [2.24, 2.45) is 0 Å². The highest BCUT2D eigenvalue weighted by Crippen LogP contribution is 2.23. The van der Waals surface area contributed by atoms with Gasteiger partial charge in [0.1, 0.15) is 6.04 Å². The van der Waals surface area contributed by atoms with Gasteiger partial charge in [0.2, 0.25) is 5.91 Å². The van der Waals surface area contributed by atoms with Gasteiger partial charge in [-0.3, -0.25) is 9.59 Å². The number of carbonyl (C=O) groups excluding carboxylic acids is 2. The van der Waals surface area contributed by atoms with Gasteiger partial charge >= 0.3 is 5.97 Å². The number of amides is 2. The molecular weight excluding hydrogens is 300 g/mol. The molecule has 23 heavy (non-hydrogen) atoms. The van der Waals surface area contributed by atoms with Crippen molar-refractivity contribution in [1.29, 1.82) is 0 Å². The van der Waals surface area contributed by atoms with Crippen molar-refractivity contribution in [3.8, 4) is 0 Å². The molecule has 0 spiro atoms. The number of anilines is 1. The minimum atomic E-state index is -1.05. The summed E-state index contributed by atoms with van der Waals surface area (Å²) < 4.78 is 5.18. The summed E-state index contributed by atoms with van der Waals surface area (Å²) in [6.07, 6.45) is 0.313. The number of benzene rings is 1. The molecule has 1 aromatic rings. The molecule has 2 unspecified atom stereocenters. The smallest absolute Gasteiger partial charge is 0.326 e. The monoisotopic (exact) mass is 320 g/mol. The van der Waals surface area contributed by atoms with E-state index >= 15 is 0 Å². The molecule has 0 bridgehead atoms. The van der Waals surface area contributed by atoms with Crippen LogP contribution < -0.4 is 5.32 Å². The van der Waals surface area contributed by atoms with Gasteiger partial charge in [-0.2, -0.15) is 0 Å². The molecule has 0 radical (unpaired) electrons. The van der Waals surface area contributed by atoms with Crippen LogP contribution in [-0.2, 0) is 14.3 Å². The fourth-order valence-corrected chi connectivity index (χ4v) is 2.57. The van der Waals surface area contributed by atoms with Crippen molar-refractivity contribution in [1.82, 2.24) is 4.90 Å². The fraction of sp³-hybridized carbons (Fsp3) is 0.438. The molecule has 1 saturated heterocycles. The van der Waals surface area contributed by atoms with E-state index in [1.54, 1.807) is 31.2 Å². The standard InChI is InChI=1S/C16H20N2O5/c1-3-14(19)17-11-6-4-5-10(7-11)15(20)18-9-12(23-2)8-13(18)16(21)22/h4-7,12-13H,3,8-9H2,1-2H3,(H,17,19)(H,21,22). The number of ether oxygens (including phenoxy) is 1. The molecule has 124 valence electrons. The Hall–Kier alpha value is -2.41. The van der Waals surface area contributed by atoms with E-state index in [1.807, 2.05) is 0 Å². The van der Waals surface area contributed by atoms with Crippen LogP contribution in [0.15, 0.2) is 24.3 Å². The molecule has 2 N–H and O–H groups in total. The van der Waals surface area contributed by atoms with Gasteiger partial charge < -0.3 is 20.1 Å². The van der Waals surface area contributed by atoms with E-state index in [-0.39, 0.29) is 30.9 Å². The number of hydrogen-bond donors (Lipinski definition) is 2. The summed E-state index contributed by atoms with van der Waals surface area (Å²) in [7, 11) is 1.50. The van der Waals surface area contributed by atoms with Crippen molar-refractivity contribution < 1.29 is 24.2 Å². The van der Waals surface area contributed by atoms with E-state index in [1.165, 1.54) is 12.0 Å². The molecule has 1 aromatic carbocycles. The van der Waals surface area contributed by atoms with Gasteiger partial charge in [0.15, 0.2) is 0 Å². The van der Waals surface area contributed by atoms with E-state index in [9.17, 15) is 19.5 Å². The highest BCUT2D eigenvalue weighted by molar-refractivity contribution is 5.99. The summed E-state index contributed by atoms with van der Waals surface area (Å²) in [5.41, 5.74) is 0.846. The van der Waals surface area contributed by atoms with Gasteiger partial charge in [-0.15, -0.1) is 0 Å². The first-order valence-electron chi connectivity index (χ1n) is 7.42. The number of likely N-dealkylation sites (tertiary alicyclic amines) is 1. The Morgan fingerprint density at radius 1 is 1.39 bits per heavy atom. The second-order valence-electron chi connectivity index (χ2n) is 5.39. The normalized spacial score (nSPS) is 20.3. The molecule has 2 amide bonds. The number of carbonyl (C=O) groups is 3. The topological polar surface area (TPSA) is 95.9 Å². The number of nitrogens with one attached hydrogen (secondary N) is 1. The van der Waals surface area contributed by atoms with Gasteiger partial charge in [-0.25, -0.2) is 4.79 Å². The van der Waals surface area contributed by atoms with Gasteiger partial charge in [-0.05, 0) is 18.2 Å². The summed E-state index contributed by atoms with van der Waals surface area (Å²) >= 11 is 0. The van der Waals surface area contributed by atoms with Gasteiger partial charge in [0, 0.05) is 37.7 Å². The Kier molecular flexibility index (Phi) is 5.33. The molecule has 2 rings (SSSR count). The van der Waals surface area contributed by atoms with Crippen LogP contribution in [-0.4, -0.2) is 53.6 Å². The first-order valence-corrected chi connectivity index (χ1v) is 7.42. The predicted molar refractivity (Wildman–Crippen MR) is 83.2 cm³/mol. The number of carboxylic acid groups (broad SMARTS) is 1. The predicted octanol–water partition coefficient (Wildman–Crippen LogP) is 1.35. The van der Waals surface area contributed by atoms with Crippen LogP contribution in [0.25, 0.3) is 0 Å². The SMILES string of the molecule is CCC(=O)Nc1cccc(C(=O)N2CC(OC)CC2C(=O)O)c1. The van der Waals surface area contributed by atoms with Crippen molar-refractivity contribution in [2.75, 3.05) is 19.0 Å². The molecular formula is C16H20N2O5. The van der Waals surface area contributed by atoms with Crippen molar-refractivity contribution in [3.63, 3.8) is 0 Å². The van der Waals surface area contributed by atoms with Gasteiger partial charge in [0.05, 0.1) is 6.10 Å². The summed E-state index contributed by atoms with van der Waals surface area (Å²) in [6.45, 7) is 1.97. The van der Waals surface area contributed by atoms with Crippen LogP contribution in [0.4, 0.5) is 5.69 Å². The third-order valence-corrected chi connectivity index (χ3v) is 3.86.